The first-order valence-electron chi connectivity index (χ1n) is 6.83. The number of rotatable bonds is 4. The molecule has 0 fully saturated rings. The van der Waals surface area contributed by atoms with Crippen LogP contribution in [0.15, 0.2) is 65.7 Å². The third-order valence-electron chi connectivity index (χ3n) is 3.34. The molecule has 3 rings (SSSR count). The third kappa shape index (κ3) is 2.95. The molecule has 106 valence electrons. The molecule has 0 saturated carbocycles. The van der Waals surface area contributed by atoms with Crippen LogP contribution < -0.4 is 10.6 Å². The number of para-hydroxylation sites is 1. The summed E-state index contributed by atoms with van der Waals surface area (Å²) >= 11 is 1.82. The van der Waals surface area contributed by atoms with Gasteiger partial charge in [0.2, 0.25) is 0 Å². The van der Waals surface area contributed by atoms with Gasteiger partial charge in [-0.1, -0.05) is 42.1 Å². The quantitative estimate of drug-likeness (QED) is 0.747. The lowest BCUT2D eigenvalue weighted by atomic mass is 10.1. The van der Waals surface area contributed by atoms with E-state index in [1.54, 1.807) is 12.3 Å². The second-order valence-corrected chi connectivity index (χ2v) is 5.95. The fourth-order valence-electron chi connectivity index (χ4n) is 2.27. The predicted octanol–water partition coefficient (Wildman–Crippen LogP) is 4.00. The Morgan fingerprint density at radius 3 is 2.90 bits per heavy atom. The second kappa shape index (κ2) is 6.06. The minimum Gasteiger partial charge on any atom is -0.394 e. The Labute approximate surface area is 129 Å². The van der Waals surface area contributed by atoms with Crippen LogP contribution >= 0.6 is 11.8 Å². The maximum Gasteiger partial charge on any atom is 0.103 e. The van der Waals surface area contributed by atoms with Crippen LogP contribution in [0.25, 0.3) is 0 Å². The molecule has 4 heteroatoms. The van der Waals surface area contributed by atoms with E-state index in [4.69, 9.17) is 5.41 Å². The molecule has 0 radical (unpaired) electrons. The summed E-state index contributed by atoms with van der Waals surface area (Å²) in [6, 6.07) is 16.5. The van der Waals surface area contributed by atoms with Crippen LogP contribution in [0, 0.1) is 5.41 Å². The van der Waals surface area contributed by atoms with Gasteiger partial charge in [-0.3, -0.25) is 0 Å². The molecule has 1 unspecified atom stereocenters. The van der Waals surface area contributed by atoms with Gasteiger partial charge in [-0.15, -0.1) is 0 Å². The fraction of sp³-hybridized carbons (Fsp3) is 0.118. The Bertz CT molecular complexity index is 669. The lowest BCUT2D eigenvalue weighted by Gasteiger charge is -2.12. The van der Waals surface area contributed by atoms with Crippen LogP contribution in [0.4, 0.5) is 5.69 Å². The van der Waals surface area contributed by atoms with Crippen LogP contribution in [0.1, 0.15) is 16.5 Å². The van der Waals surface area contributed by atoms with Crippen molar-refractivity contribution in [2.45, 2.75) is 10.3 Å². The first-order chi connectivity index (χ1) is 10.3. The fourth-order valence-corrected chi connectivity index (χ4v) is 3.40. The highest BCUT2D eigenvalue weighted by atomic mass is 32.2. The molecule has 1 atom stereocenters. The molecule has 2 aromatic carbocycles. The molecule has 1 heterocycles. The number of anilines is 1. The summed E-state index contributed by atoms with van der Waals surface area (Å²) < 4.78 is 0. The zero-order chi connectivity index (χ0) is 14.7. The van der Waals surface area contributed by atoms with Gasteiger partial charge in [-0.2, -0.15) is 0 Å². The number of hydrogen-bond donors (Lipinski definition) is 3. The number of nitrogens with one attached hydrogen (secondary N) is 3. The molecule has 0 saturated heterocycles. The topological polar surface area (TPSA) is 47.9 Å². The van der Waals surface area contributed by atoms with E-state index in [0.29, 0.717) is 5.71 Å². The molecule has 2 aromatic rings. The molecule has 0 spiro atoms. The zero-order valence-corrected chi connectivity index (χ0v) is 12.6. The van der Waals surface area contributed by atoms with Gasteiger partial charge >= 0.3 is 0 Å². The standard InChI is InChI=1S/C17H17N3S/c1-19-10-9-14(18)12-5-4-6-13(11-12)17-20-15-7-2-3-8-16(15)21-17/h2-11,17-20H,1H3/b10-9-,18-14?. The van der Waals surface area contributed by atoms with Crippen molar-refractivity contribution in [1.82, 2.24) is 5.32 Å². The minimum atomic E-state index is 0.212. The van der Waals surface area contributed by atoms with Crippen LogP contribution in [0.5, 0.6) is 0 Å². The van der Waals surface area contributed by atoms with E-state index in [2.05, 4.69) is 41.0 Å². The van der Waals surface area contributed by atoms with Crippen LogP contribution in [0.2, 0.25) is 0 Å². The smallest absolute Gasteiger partial charge is 0.103 e. The van der Waals surface area contributed by atoms with Gasteiger partial charge in [0, 0.05) is 17.6 Å². The Morgan fingerprint density at radius 1 is 1.24 bits per heavy atom. The monoisotopic (exact) mass is 295 g/mol. The van der Waals surface area contributed by atoms with Crippen LogP contribution in [0.3, 0.4) is 0 Å². The van der Waals surface area contributed by atoms with E-state index in [9.17, 15) is 0 Å². The summed E-state index contributed by atoms with van der Waals surface area (Å²) in [5.74, 6) is 0. The van der Waals surface area contributed by atoms with Gasteiger partial charge in [0.25, 0.3) is 0 Å². The van der Waals surface area contributed by atoms with Crippen molar-refractivity contribution in [2.24, 2.45) is 0 Å². The Hall–Kier alpha value is -2.20. The first kappa shape index (κ1) is 13.8. The van der Waals surface area contributed by atoms with Crippen molar-refractivity contribution in [2.75, 3.05) is 12.4 Å². The molecule has 1 aliphatic rings. The molecule has 21 heavy (non-hydrogen) atoms. The summed E-state index contributed by atoms with van der Waals surface area (Å²) in [6.45, 7) is 0. The Morgan fingerprint density at radius 2 is 2.10 bits per heavy atom. The molecule has 0 aliphatic carbocycles. The van der Waals surface area contributed by atoms with E-state index >= 15 is 0 Å². The predicted molar refractivity (Wildman–Crippen MR) is 90.1 cm³/mol. The van der Waals surface area contributed by atoms with Crippen molar-refractivity contribution in [1.29, 1.82) is 5.41 Å². The van der Waals surface area contributed by atoms with Crippen molar-refractivity contribution in [3.63, 3.8) is 0 Å². The molecular weight excluding hydrogens is 278 g/mol. The zero-order valence-electron chi connectivity index (χ0n) is 11.8. The normalized spacial score (nSPS) is 16.5. The lowest BCUT2D eigenvalue weighted by Crippen LogP contribution is -2.04. The van der Waals surface area contributed by atoms with Crippen LogP contribution in [-0.4, -0.2) is 12.8 Å². The number of allylic oxidation sites excluding steroid dienone is 1. The number of thioether (sulfide) groups is 1. The molecule has 0 bridgehead atoms. The van der Waals surface area contributed by atoms with Crippen molar-refractivity contribution < 1.29 is 0 Å². The van der Waals surface area contributed by atoms with Crippen molar-refractivity contribution in [3.8, 4) is 0 Å². The summed E-state index contributed by atoms with van der Waals surface area (Å²) in [6.07, 6.45) is 3.54. The van der Waals surface area contributed by atoms with E-state index in [0.717, 1.165) is 5.56 Å². The Balaban J connectivity index is 1.82. The Kier molecular flexibility index (Phi) is 3.97. The maximum absolute atomic E-state index is 8.08. The molecule has 0 aromatic heterocycles. The second-order valence-electron chi connectivity index (χ2n) is 4.80. The largest absolute Gasteiger partial charge is 0.394 e. The summed E-state index contributed by atoms with van der Waals surface area (Å²) in [4.78, 5) is 1.28. The number of benzene rings is 2. The van der Waals surface area contributed by atoms with E-state index in [1.807, 2.05) is 37.0 Å². The highest BCUT2D eigenvalue weighted by Crippen LogP contribution is 2.46. The van der Waals surface area contributed by atoms with Crippen molar-refractivity contribution in [3.05, 3.63) is 71.9 Å². The highest BCUT2D eigenvalue weighted by molar-refractivity contribution is 8.00. The van der Waals surface area contributed by atoms with Crippen molar-refractivity contribution >= 4 is 23.2 Å². The van der Waals surface area contributed by atoms with E-state index in [1.165, 1.54) is 16.1 Å². The molecule has 3 nitrogen and oxygen atoms in total. The summed E-state index contributed by atoms with van der Waals surface area (Å²) in [7, 11) is 1.83. The van der Waals surface area contributed by atoms with E-state index in [-0.39, 0.29) is 5.37 Å². The summed E-state index contributed by atoms with van der Waals surface area (Å²) in [5, 5.41) is 14.7. The van der Waals surface area contributed by atoms with Gasteiger partial charge in [0.05, 0.1) is 5.71 Å². The average Bonchev–Trinajstić information content (AvgIpc) is 2.97. The lowest BCUT2D eigenvalue weighted by molar-refractivity contribution is 1.10. The molecule has 1 aliphatic heterocycles. The minimum absolute atomic E-state index is 0.212. The average molecular weight is 295 g/mol. The molecule has 3 N–H and O–H groups in total. The number of hydrogen-bond acceptors (Lipinski definition) is 4. The SMILES string of the molecule is CN/C=C\C(=N)c1cccc(C2Nc3ccccc3S2)c1. The first-order valence-corrected chi connectivity index (χ1v) is 7.71. The van der Waals surface area contributed by atoms with Gasteiger partial charge in [0.1, 0.15) is 5.37 Å². The third-order valence-corrected chi connectivity index (χ3v) is 4.57. The maximum atomic E-state index is 8.08. The molecular formula is C17H17N3S. The number of fused-ring (bicyclic) bond motifs is 1. The van der Waals surface area contributed by atoms with Gasteiger partial charge in [0.15, 0.2) is 0 Å². The van der Waals surface area contributed by atoms with E-state index < -0.39 is 0 Å². The van der Waals surface area contributed by atoms with Crippen LogP contribution in [-0.2, 0) is 0 Å². The van der Waals surface area contributed by atoms with Gasteiger partial charge < -0.3 is 16.0 Å². The van der Waals surface area contributed by atoms with Gasteiger partial charge in [-0.05, 0) is 41.6 Å². The molecule has 0 amide bonds. The van der Waals surface area contributed by atoms with Gasteiger partial charge in [-0.25, -0.2) is 0 Å². The highest BCUT2D eigenvalue weighted by Gasteiger charge is 2.22. The summed E-state index contributed by atoms with van der Waals surface area (Å²) in [5.41, 5.74) is 3.81.